The Morgan fingerprint density at radius 2 is 2.33 bits per heavy atom. The molecule has 4 heteroatoms. The van der Waals surface area contributed by atoms with E-state index < -0.39 is 0 Å². The highest BCUT2D eigenvalue weighted by molar-refractivity contribution is 7.15. The zero-order chi connectivity index (χ0) is 10.7. The second-order valence-electron chi connectivity index (χ2n) is 3.45. The van der Waals surface area contributed by atoms with E-state index in [1.54, 1.807) is 17.6 Å². The van der Waals surface area contributed by atoms with Gasteiger partial charge in [-0.1, -0.05) is 0 Å². The van der Waals surface area contributed by atoms with E-state index >= 15 is 0 Å². The first-order valence-corrected chi connectivity index (χ1v) is 5.82. The van der Waals surface area contributed by atoms with Crippen LogP contribution < -0.4 is 5.73 Å². The number of aryl methyl sites for hydroxylation is 2. The van der Waals surface area contributed by atoms with Crippen molar-refractivity contribution in [2.45, 2.75) is 19.8 Å². The van der Waals surface area contributed by atoms with Gasteiger partial charge in [0.1, 0.15) is 6.26 Å². The summed E-state index contributed by atoms with van der Waals surface area (Å²) < 4.78 is 5.42. The molecule has 0 aromatic carbocycles. The van der Waals surface area contributed by atoms with Gasteiger partial charge in [0, 0.05) is 4.88 Å². The standard InChI is InChI=1S/C11H14N2OS/c1-8-4-5-10(15-8)11-13-9(7-14-11)3-2-6-12/h4-5,7H,2-3,6,12H2,1H3. The monoisotopic (exact) mass is 222 g/mol. The second kappa shape index (κ2) is 4.59. The third kappa shape index (κ3) is 2.46. The number of oxazole rings is 1. The van der Waals surface area contributed by atoms with E-state index in [1.807, 2.05) is 6.07 Å². The SMILES string of the molecule is Cc1ccc(-c2nc(CCCN)co2)s1. The van der Waals surface area contributed by atoms with Gasteiger partial charge in [0.15, 0.2) is 0 Å². The first-order valence-electron chi connectivity index (χ1n) is 5.01. The Labute approximate surface area is 92.9 Å². The molecule has 2 rings (SSSR count). The second-order valence-corrected chi connectivity index (χ2v) is 4.73. The van der Waals surface area contributed by atoms with Crippen LogP contribution in [0.15, 0.2) is 22.8 Å². The Kier molecular flexibility index (Phi) is 3.18. The first kappa shape index (κ1) is 10.4. The molecule has 0 saturated carbocycles. The average Bonchev–Trinajstić information content (AvgIpc) is 2.83. The van der Waals surface area contributed by atoms with Gasteiger partial charge in [-0.05, 0) is 38.4 Å². The van der Waals surface area contributed by atoms with E-state index in [1.165, 1.54) is 4.88 Å². The van der Waals surface area contributed by atoms with Crippen LogP contribution in [0.4, 0.5) is 0 Å². The van der Waals surface area contributed by atoms with Gasteiger partial charge in [-0.15, -0.1) is 11.3 Å². The molecule has 0 aliphatic heterocycles. The fourth-order valence-corrected chi connectivity index (χ4v) is 2.17. The quantitative estimate of drug-likeness (QED) is 0.865. The summed E-state index contributed by atoms with van der Waals surface area (Å²) >= 11 is 1.70. The first-order chi connectivity index (χ1) is 7.29. The van der Waals surface area contributed by atoms with Crippen LogP contribution in [0, 0.1) is 6.92 Å². The van der Waals surface area contributed by atoms with Crippen LogP contribution in [0.3, 0.4) is 0 Å². The van der Waals surface area contributed by atoms with Crippen molar-refractivity contribution in [1.29, 1.82) is 0 Å². The maximum atomic E-state index is 5.44. The van der Waals surface area contributed by atoms with E-state index in [4.69, 9.17) is 10.2 Å². The molecule has 2 aromatic heterocycles. The minimum absolute atomic E-state index is 0.695. The summed E-state index contributed by atoms with van der Waals surface area (Å²) in [4.78, 5) is 6.78. The van der Waals surface area contributed by atoms with Crippen molar-refractivity contribution in [3.63, 3.8) is 0 Å². The largest absolute Gasteiger partial charge is 0.444 e. The molecule has 2 aromatic rings. The average molecular weight is 222 g/mol. The van der Waals surface area contributed by atoms with Gasteiger partial charge in [-0.2, -0.15) is 0 Å². The third-order valence-electron chi connectivity index (χ3n) is 2.14. The molecule has 15 heavy (non-hydrogen) atoms. The molecule has 0 bridgehead atoms. The Hall–Kier alpha value is -1.13. The number of thiophene rings is 1. The van der Waals surface area contributed by atoms with E-state index in [2.05, 4.69) is 18.0 Å². The van der Waals surface area contributed by atoms with Crippen molar-refractivity contribution < 1.29 is 4.42 Å². The number of rotatable bonds is 4. The Morgan fingerprint density at radius 3 is 3.00 bits per heavy atom. The lowest BCUT2D eigenvalue weighted by Gasteiger charge is -1.90. The topological polar surface area (TPSA) is 52.0 Å². The van der Waals surface area contributed by atoms with Crippen LogP contribution >= 0.6 is 11.3 Å². The fraction of sp³-hybridized carbons (Fsp3) is 0.364. The van der Waals surface area contributed by atoms with Crippen LogP contribution in [0.25, 0.3) is 10.8 Å². The number of nitrogens with zero attached hydrogens (tertiary/aromatic N) is 1. The summed E-state index contributed by atoms with van der Waals surface area (Å²) in [7, 11) is 0. The van der Waals surface area contributed by atoms with E-state index in [9.17, 15) is 0 Å². The van der Waals surface area contributed by atoms with Crippen molar-refractivity contribution >= 4 is 11.3 Å². The van der Waals surface area contributed by atoms with Crippen molar-refractivity contribution in [3.05, 3.63) is 29.0 Å². The van der Waals surface area contributed by atoms with Crippen LogP contribution in [-0.4, -0.2) is 11.5 Å². The predicted octanol–water partition coefficient (Wildman–Crippen LogP) is 2.60. The molecule has 0 spiro atoms. The Morgan fingerprint density at radius 1 is 1.47 bits per heavy atom. The van der Waals surface area contributed by atoms with Crippen molar-refractivity contribution in [1.82, 2.24) is 4.98 Å². The molecule has 0 radical (unpaired) electrons. The highest BCUT2D eigenvalue weighted by atomic mass is 32.1. The zero-order valence-corrected chi connectivity index (χ0v) is 9.51. The lowest BCUT2D eigenvalue weighted by molar-refractivity contribution is 0.573. The zero-order valence-electron chi connectivity index (χ0n) is 8.69. The smallest absolute Gasteiger partial charge is 0.236 e. The molecule has 2 N–H and O–H groups in total. The summed E-state index contributed by atoms with van der Waals surface area (Å²) in [5.74, 6) is 0.722. The molecule has 0 unspecified atom stereocenters. The van der Waals surface area contributed by atoms with E-state index in [-0.39, 0.29) is 0 Å². The number of hydrogen-bond donors (Lipinski definition) is 1. The summed E-state index contributed by atoms with van der Waals surface area (Å²) in [5, 5.41) is 0. The minimum atomic E-state index is 0.695. The van der Waals surface area contributed by atoms with Crippen molar-refractivity contribution in [2.24, 2.45) is 5.73 Å². The number of nitrogens with two attached hydrogens (primary N) is 1. The molecule has 0 amide bonds. The van der Waals surface area contributed by atoms with Gasteiger partial charge in [0.25, 0.3) is 0 Å². The molecular weight excluding hydrogens is 208 g/mol. The van der Waals surface area contributed by atoms with E-state index in [0.29, 0.717) is 6.54 Å². The minimum Gasteiger partial charge on any atom is -0.444 e. The normalized spacial score (nSPS) is 10.8. The highest BCUT2D eigenvalue weighted by Gasteiger charge is 2.07. The summed E-state index contributed by atoms with van der Waals surface area (Å²) in [6.07, 6.45) is 3.57. The number of hydrogen-bond acceptors (Lipinski definition) is 4. The highest BCUT2D eigenvalue weighted by Crippen LogP contribution is 2.26. The van der Waals surface area contributed by atoms with Gasteiger partial charge < -0.3 is 10.2 Å². The molecule has 0 saturated heterocycles. The van der Waals surface area contributed by atoms with Gasteiger partial charge in [-0.25, -0.2) is 4.98 Å². The van der Waals surface area contributed by atoms with Crippen LogP contribution in [0.5, 0.6) is 0 Å². The molecule has 0 aliphatic carbocycles. The summed E-state index contributed by atoms with van der Waals surface area (Å²) in [6.45, 7) is 2.77. The molecule has 0 aliphatic rings. The summed E-state index contributed by atoms with van der Waals surface area (Å²) in [5.41, 5.74) is 6.43. The Bertz CT molecular complexity index is 433. The maximum Gasteiger partial charge on any atom is 0.236 e. The third-order valence-corrected chi connectivity index (χ3v) is 3.13. The lowest BCUT2D eigenvalue weighted by atomic mass is 10.2. The van der Waals surface area contributed by atoms with Crippen LogP contribution in [-0.2, 0) is 6.42 Å². The number of aromatic nitrogens is 1. The van der Waals surface area contributed by atoms with Gasteiger partial charge in [-0.3, -0.25) is 0 Å². The predicted molar refractivity (Wildman–Crippen MR) is 61.9 cm³/mol. The van der Waals surface area contributed by atoms with Crippen molar-refractivity contribution in [3.8, 4) is 10.8 Å². The molecular formula is C11H14N2OS. The molecule has 0 fully saturated rings. The lowest BCUT2D eigenvalue weighted by Crippen LogP contribution is -2.00. The summed E-state index contributed by atoms with van der Waals surface area (Å²) in [6, 6.07) is 4.11. The fourth-order valence-electron chi connectivity index (χ4n) is 1.37. The molecule has 0 atom stereocenters. The van der Waals surface area contributed by atoms with E-state index in [0.717, 1.165) is 29.3 Å². The molecule has 3 nitrogen and oxygen atoms in total. The van der Waals surface area contributed by atoms with Gasteiger partial charge in [0.2, 0.25) is 5.89 Å². The van der Waals surface area contributed by atoms with Gasteiger partial charge >= 0.3 is 0 Å². The van der Waals surface area contributed by atoms with Crippen molar-refractivity contribution in [2.75, 3.05) is 6.54 Å². The molecule has 80 valence electrons. The van der Waals surface area contributed by atoms with Crippen LogP contribution in [0.2, 0.25) is 0 Å². The molecule has 2 heterocycles. The Balaban J connectivity index is 2.13. The maximum absolute atomic E-state index is 5.44. The van der Waals surface area contributed by atoms with Crippen LogP contribution in [0.1, 0.15) is 17.0 Å². The van der Waals surface area contributed by atoms with Gasteiger partial charge in [0.05, 0.1) is 10.6 Å².